The van der Waals surface area contributed by atoms with Crippen LogP contribution in [-0.2, 0) is 6.61 Å². The molecule has 0 aliphatic carbocycles. The zero-order valence-electron chi connectivity index (χ0n) is 10.6. The summed E-state index contributed by atoms with van der Waals surface area (Å²) in [6.45, 7) is 2.37. The van der Waals surface area contributed by atoms with Crippen LogP contribution in [0, 0.1) is 0 Å². The average molecular weight is 322 g/mol. The maximum atomic E-state index is 9.23. The van der Waals surface area contributed by atoms with Crippen molar-refractivity contribution in [3.8, 4) is 11.5 Å². The molecule has 0 aliphatic rings. The van der Waals surface area contributed by atoms with Crippen molar-refractivity contribution in [1.29, 1.82) is 0 Å². The summed E-state index contributed by atoms with van der Waals surface area (Å²) in [6.07, 6.45) is 0. The molecule has 1 atom stereocenters. The molecule has 100 valence electrons. The monoisotopic (exact) mass is 321 g/mol. The molecular formula is C15H16BrNO2. The van der Waals surface area contributed by atoms with E-state index in [1.54, 1.807) is 12.1 Å². The van der Waals surface area contributed by atoms with Crippen molar-refractivity contribution in [3.63, 3.8) is 0 Å². The number of halogens is 1. The minimum atomic E-state index is -0.0806. The highest BCUT2D eigenvalue weighted by Crippen LogP contribution is 2.28. The molecule has 3 N–H and O–H groups in total. The number of rotatable bonds is 4. The van der Waals surface area contributed by atoms with Crippen LogP contribution in [0.4, 0.5) is 0 Å². The standard InChI is InChI=1S/C15H16BrNO2/c1-10(17)14-7-4-12(16)8-15(14)19-9-11-2-5-13(18)6-3-11/h2-8,10,18H,9,17H2,1H3/t10-/m1/s1. The first-order valence-corrected chi connectivity index (χ1v) is 6.81. The second-order valence-corrected chi connectivity index (χ2v) is 5.34. The van der Waals surface area contributed by atoms with Crippen molar-refractivity contribution in [2.75, 3.05) is 0 Å². The van der Waals surface area contributed by atoms with Gasteiger partial charge < -0.3 is 15.6 Å². The molecule has 0 amide bonds. The molecule has 0 heterocycles. The first-order valence-electron chi connectivity index (χ1n) is 6.02. The van der Waals surface area contributed by atoms with Gasteiger partial charge in [0, 0.05) is 16.1 Å². The lowest BCUT2D eigenvalue weighted by atomic mass is 10.1. The first-order chi connectivity index (χ1) is 9.06. The van der Waals surface area contributed by atoms with E-state index in [0.717, 1.165) is 21.3 Å². The predicted octanol–water partition coefficient (Wildman–Crippen LogP) is 3.75. The van der Waals surface area contributed by atoms with Gasteiger partial charge in [-0.25, -0.2) is 0 Å². The topological polar surface area (TPSA) is 55.5 Å². The minimum absolute atomic E-state index is 0.0806. The Hall–Kier alpha value is -1.52. The molecule has 0 radical (unpaired) electrons. The summed E-state index contributed by atoms with van der Waals surface area (Å²) in [4.78, 5) is 0. The Morgan fingerprint density at radius 1 is 1.21 bits per heavy atom. The zero-order valence-corrected chi connectivity index (χ0v) is 12.2. The van der Waals surface area contributed by atoms with Crippen LogP contribution in [-0.4, -0.2) is 5.11 Å². The lowest BCUT2D eigenvalue weighted by Crippen LogP contribution is -2.08. The fourth-order valence-electron chi connectivity index (χ4n) is 1.76. The largest absolute Gasteiger partial charge is 0.508 e. The van der Waals surface area contributed by atoms with E-state index in [-0.39, 0.29) is 11.8 Å². The Bertz CT molecular complexity index is 553. The molecule has 2 aromatic rings. The fraction of sp³-hybridized carbons (Fsp3) is 0.200. The quantitative estimate of drug-likeness (QED) is 0.901. The van der Waals surface area contributed by atoms with E-state index >= 15 is 0 Å². The molecule has 0 fully saturated rings. The van der Waals surface area contributed by atoms with Crippen molar-refractivity contribution in [2.24, 2.45) is 5.73 Å². The molecule has 0 bridgehead atoms. The number of phenolic OH excluding ortho intramolecular Hbond substituents is 1. The van der Waals surface area contributed by atoms with Crippen molar-refractivity contribution < 1.29 is 9.84 Å². The van der Waals surface area contributed by atoms with E-state index in [2.05, 4.69) is 15.9 Å². The van der Waals surface area contributed by atoms with E-state index in [9.17, 15) is 5.11 Å². The zero-order chi connectivity index (χ0) is 13.8. The van der Waals surface area contributed by atoms with Gasteiger partial charge in [0.2, 0.25) is 0 Å². The van der Waals surface area contributed by atoms with Gasteiger partial charge in [-0.15, -0.1) is 0 Å². The third kappa shape index (κ3) is 3.72. The van der Waals surface area contributed by atoms with E-state index < -0.39 is 0 Å². The van der Waals surface area contributed by atoms with Gasteiger partial charge in [-0.3, -0.25) is 0 Å². The Morgan fingerprint density at radius 2 is 1.89 bits per heavy atom. The van der Waals surface area contributed by atoms with Crippen LogP contribution < -0.4 is 10.5 Å². The molecule has 2 aromatic carbocycles. The van der Waals surface area contributed by atoms with Gasteiger partial charge in [-0.1, -0.05) is 34.1 Å². The number of hydrogen-bond donors (Lipinski definition) is 2. The summed E-state index contributed by atoms with van der Waals surface area (Å²) in [5, 5.41) is 9.23. The van der Waals surface area contributed by atoms with Gasteiger partial charge in [-0.05, 0) is 36.8 Å². The Balaban J connectivity index is 2.14. The molecule has 0 spiro atoms. The average Bonchev–Trinajstić information content (AvgIpc) is 2.38. The number of benzene rings is 2. The van der Waals surface area contributed by atoms with Gasteiger partial charge >= 0.3 is 0 Å². The van der Waals surface area contributed by atoms with Crippen molar-refractivity contribution in [3.05, 3.63) is 58.1 Å². The second-order valence-electron chi connectivity index (χ2n) is 4.43. The number of aromatic hydroxyl groups is 1. The number of ether oxygens (including phenoxy) is 1. The summed E-state index contributed by atoms with van der Waals surface area (Å²) in [7, 11) is 0. The summed E-state index contributed by atoms with van der Waals surface area (Å²) < 4.78 is 6.77. The lowest BCUT2D eigenvalue weighted by Gasteiger charge is -2.14. The van der Waals surface area contributed by atoms with Gasteiger partial charge in [0.25, 0.3) is 0 Å². The second kappa shape index (κ2) is 6.08. The van der Waals surface area contributed by atoms with E-state index in [4.69, 9.17) is 10.5 Å². The number of nitrogens with two attached hydrogens (primary N) is 1. The van der Waals surface area contributed by atoms with Crippen LogP contribution in [0.25, 0.3) is 0 Å². The number of phenols is 1. The number of hydrogen-bond acceptors (Lipinski definition) is 3. The fourth-order valence-corrected chi connectivity index (χ4v) is 2.10. The van der Waals surface area contributed by atoms with Crippen LogP contribution in [0.1, 0.15) is 24.1 Å². The summed E-state index contributed by atoms with van der Waals surface area (Å²) in [6, 6.07) is 12.7. The van der Waals surface area contributed by atoms with E-state index in [0.29, 0.717) is 6.61 Å². The van der Waals surface area contributed by atoms with Crippen LogP contribution in [0.2, 0.25) is 0 Å². The van der Waals surface area contributed by atoms with Crippen LogP contribution in [0.5, 0.6) is 11.5 Å². The minimum Gasteiger partial charge on any atom is -0.508 e. The predicted molar refractivity (Wildman–Crippen MR) is 79.2 cm³/mol. The third-order valence-corrected chi connectivity index (χ3v) is 3.29. The van der Waals surface area contributed by atoms with Crippen molar-refractivity contribution in [2.45, 2.75) is 19.6 Å². The summed E-state index contributed by atoms with van der Waals surface area (Å²) in [5.74, 6) is 1.03. The normalized spacial score (nSPS) is 12.2. The summed E-state index contributed by atoms with van der Waals surface area (Å²) in [5.41, 5.74) is 7.89. The maximum Gasteiger partial charge on any atom is 0.125 e. The Morgan fingerprint density at radius 3 is 2.53 bits per heavy atom. The Labute approximate surface area is 121 Å². The maximum absolute atomic E-state index is 9.23. The van der Waals surface area contributed by atoms with Crippen LogP contribution in [0.3, 0.4) is 0 Å². The van der Waals surface area contributed by atoms with Gasteiger partial charge in [0.15, 0.2) is 0 Å². The molecule has 19 heavy (non-hydrogen) atoms. The third-order valence-electron chi connectivity index (χ3n) is 2.80. The van der Waals surface area contributed by atoms with Gasteiger partial charge in [0.05, 0.1) is 0 Å². The highest BCUT2D eigenvalue weighted by atomic mass is 79.9. The highest BCUT2D eigenvalue weighted by Gasteiger charge is 2.09. The summed E-state index contributed by atoms with van der Waals surface area (Å²) >= 11 is 3.43. The molecular weight excluding hydrogens is 306 g/mol. The first kappa shape index (κ1) is 13.9. The Kier molecular flexibility index (Phi) is 4.45. The molecule has 4 heteroatoms. The smallest absolute Gasteiger partial charge is 0.125 e. The lowest BCUT2D eigenvalue weighted by molar-refractivity contribution is 0.301. The SMILES string of the molecule is C[C@@H](N)c1ccc(Br)cc1OCc1ccc(O)cc1. The molecule has 3 nitrogen and oxygen atoms in total. The van der Waals surface area contributed by atoms with Crippen LogP contribution >= 0.6 is 15.9 Å². The van der Waals surface area contributed by atoms with Gasteiger partial charge in [-0.2, -0.15) is 0 Å². The van der Waals surface area contributed by atoms with E-state index in [1.165, 1.54) is 0 Å². The highest BCUT2D eigenvalue weighted by molar-refractivity contribution is 9.10. The molecule has 0 aromatic heterocycles. The molecule has 0 aliphatic heterocycles. The molecule has 0 saturated heterocycles. The van der Waals surface area contributed by atoms with Crippen molar-refractivity contribution >= 4 is 15.9 Å². The van der Waals surface area contributed by atoms with E-state index in [1.807, 2.05) is 37.3 Å². The molecule has 2 rings (SSSR count). The van der Waals surface area contributed by atoms with Gasteiger partial charge in [0.1, 0.15) is 18.1 Å². The van der Waals surface area contributed by atoms with Crippen molar-refractivity contribution in [1.82, 2.24) is 0 Å². The van der Waals surface area contributed by atoms with Crippen LogP contribution in [0.15, 0.2) is 46.9 Å². The molecule has 0 unspecified atom stereocenters. The molecule has 0 saturated carbocycles.